The van der Waals surface area contributed by atoms with Crippen molar-refractivity contribution in [3.05, 3.63) is 54.1 Å². The molecule has 0 radical (unpaired) electrons. The lowest BCUT2D eigenvalue weighted by Gasteiger charge is -2.23. The van der Waals surface area contributed by atoms with Crippen molar-refractivity contribution in [2.75, 3.05) is 11.9 Å². The monoisotopic (exact) mass is 338 g/mol. The van der Waals surface area contributed by atoms with E-state index < -0.39 is 0 Å². The molecule has 1 amide bonds. The van der Waals surface area contributed by atoms with Crippen molar-refractivity contribution in [1.29, 1.82) is 0 Å². The molecule has 25 heavy (non-hydrogen) atoms. The third kappa shape index (κ3) is 4.42. The maximum absolute atomic E-state index is 12.7. The highest BCUT2D eigenvalue weighted by Gasteiger charge is 2.30. The fraction of sp³-hybridized carbons (Fsp3) is 0.450. The molecule has 2 heterocycles. The molecule has 1 fully saturated rings. The van der Waals surface area contributed by atoms with E-state index >= 15 is 0 Å². The molecule has 0 bridgehead atoms. The summed E-state index contributed by atoms with van der Waals surface area (Å²) in [6.45, 7) is 7.96. The number of rotatable bonds is 4. The number of nitrogens with zero attached hydrogens (tertiary/aromatic N) is 3. The van der Waals surface area contributed by atoms with Crippen LogP contribution in [0.4, 0.5) is 5.69 Å². The van der Waals surface area contributed by atoms with Gasteiger partial charge in [-0.3, -0.25) is 9.69 Å². The quantitative estimate of drug-likeness (QED) is 0.928. The van der Waals surface area contributed by atoms with Gasteiger partial charge >= 0.3 is 0 Å². The third-order valence-electron chi connectivity index (χ3n) is 4.48. The number of carbonyl (C=O) groups excluding carboxylic acids is 1. The van der Waals surface area contributed by atoms with Crippen molar-refractivity contribution in [2.45, 2.75) is 51.6 Å². The second-order valence-corrected chi connectivity index (χ2v) is 7.65. The van der Waals surface area contributed by atoms with Gasteiger partial charge in [-0.2, -0.15) is 0 Å². The van der Waals surface area contributed by atoms with Gasteiger partial charge in [-0.1, -0.05) is 51.1 Å². The maximum atomic E-state index is 12.7. The van der Waals surface area contributed by atoms with E-state index in [4.69, 9.17) is 0 Å². The molecule has 1 aliphatic rings. The largest absolute Gasteiger partial charge is 0.322 e. The van der Waals surface area contributed by atoms with Gasteiger partial charge in [0.25, 0.3) is 0 Å². The van der Waals surface area contributed by atoms with Crippen molar-refractivity contribution in [2.24, 2.45) is 0 Å². The summed E-state index contributed by atoms with van der Waals surface area (Å²) in [5, 5.41) is 2.97. The van der Waals surface area contributed by atoms with Crippen LogP contribution in [0, 0.1) is 0 Å². The Balaban J connectivity index is 1.64. The van der Waals surface area contributed by atoms with E-state index in [9.17, 15) is 4.79 Å². The van der Waals surface area contributed by atoms with Gasteiger partial charge in [0.2, 0.25) is 5.91 Å². The first-order valence-corrected chi connectivity index (χ1v) is 8.85. The maximum Gasteiger partial charge on any atom is 0.241 e. The molecule has 1 atom stereocenters. The van der Waals surface area contributed by atoms with Crippen molar-refractivity contribution < 1.29 is 4.79 Å². The Bertz CT molecular complexity index is 707. The Morgan fingerprint density at radius 3 is 2.52 bits per heavy atom. The molecular formula is C20H26N4O. The lowest BCUT2D eigenvalue weighted by Crippen LogP contribution is -2.39. The summed E-state index contributed by atoms with van der Waals surface area (Å²) in [4.78, 5) is 23.7. The smallest absolute Gasteiger partial charge is 0.241 e. The van der Waals surface area contributed by atoms with E-state index in [-0.39, 0.29) is 17.4 Å². The molecule has 5 heteroatoms. The summed E-state index contributed by atoms with van der Waals surface area (Å²) in [6, 6.07) is 10.2. The Morgan fingerprint density at radius 1 is 1.20 bits per heavy atom. The number of aromatic nitrogens is 2. The minimum Gasteiger partial charge on any atom is -0.322 e. The molecule has 1 saturated heterocycles. The van der Waals surface area contributed by atoms with Gasteiger partial charge in [-0.05, 0) is 24.9 Å². The number of nitrogens with one attached hydrogen (secondary N) is 1. The van der Waals surface area contributed by atoms with Gasteiger partial charge in [-0.25, -0.2) is 9.97 Å². The molecule has 0 aliphatic carbocycles. The highest BCUT2D eigenvalue weighted by molar-refractivity contribution is 5.94. The van der Waals surface area contributed by atoms with Gasteiger partial charge in [-0.15, -0.1) is 0 Å². The van der Waals surface area contributed by atoms with Crippen LogP contribution in [0.25, 0.3) is 0 Å². The zero-order valence-corrected chi connectivity index (χ0v) is 15.2. The zero-order valence-electron chi connectivity index (χ0n) is 15.2. The van der Waals surface area contributed by atoms with Crippen molar-refractivity contribution in [3.63, 3.8) is 0 Å². The summed E-state index contributed by atoms with van der Waals surface area (Å²) in [7, 11) is 0. The van der Waals surface area contributed by atoms with E-state index in [0.717, 1.165) is 31.8 Å². The number of likely N-dealkylation sites (tertiary alicyclic amines) is 1. The number of hydrogen-bond donors (Lipinski definition) is 1. The molecule has 3 rings (SSSR count). The number of anilines is 1. The van der Waals surface area contributed by atoms with Crippen LogP contribution in [-0.4, -0.2) is 33.4 Å². The standard InChI is InChI=1S/C20H26N4O/c1-20(2,3)19-21-12-16(13-22-19)23-18(25)17-10-7-11-24(17)14-15-8-5-4-6-9-15/h4-6,8-9,12-13,17H,7,10-11,14H2,1-3H3,(H,23,25). The van der Waals surface area contributed by atoms with E-state index in [0.29, 0.717) is 5.69 Å². The summed E-state index contributed by atoms with van der Waals surface area (Å²) in [5.74, 6) is 0.803. The van der Waals surface area contributed by atoms with Crippen molar-refractivity contribution in [1.82, 2.24) is 14.9 Å². The van der Waals surface area contributed by atoms with Gasteiger partial charge < -0.3 is 5.32 Å². The first kappa shape index (κ1) is 17.5. The Hall–Kier alpha value is -2.27. The van der Waals surface area contributed by atoms with Gasteiger partial charge in [0.15, 0.2) is 0 Å². The first-order chi connectivity index (χ1) is 11.9. The predicted octanol–water partition coefficient (Wildman–Crippen LogP) is 3.38. The summed E-state index contributed by atoms with van der Waals surface area (Å²) in [6.07, 6.45) is 5.33. The predicted molar refractivity (Wildman–Crippen MR) is 99.2 cm³/mol. The van der Waals surface area contributed by atoms with E-state index in [1.807, 2.05) is 18.2 Å². The summed E-state index contributed by atoms with van der Waals surface area (Å²) < 4.78 is 0. The number of amides is 1. The minimum absolute atomic E-state index is 0.0283. The van der Waals surface area contributed by atoms with Crippen LogP contribution in [0.5, 0.6) is 0 Å². The molecule has 5 nitrogen and oxygen atoms in total. The van der Waals surface area contributed by atoms with Gasteiger partial charge in [0, 0.05) is 12.0 Å². The lowest BCUT2D eigenvalue weighted by atomic mass is 9.96. The molecule has 0 spiro atoms. The van der Waals surface area contributed by atoms with Crippen LogP contribution < -0.4 is 5.32 Å². The molecule has 0 saturated carbocycles. The first-order valence-electron chi connectivity index (χ1n) is 8.85. The molecule has 2 aromatic rings. The Labute approximate surface area is 149 Å². The fourth-order valence-electron chi connectivity index (χ4n) is 3.14. The Kier molecular flexibility index (Phi) is 5.13. The highest BCUT2D eigenvalue weighted by atomic mass is 16.2. The van der Waals surface area contributed by atoms with E-state index in [1.165, 1.54) is 5.56 Å². The van der Waals surface area contributed by atoms with Gasteiger partial charge in [0.05, 0.1) is 24.1 Å². The average Bonchev–Trinajstić information content (AvgIpc) is 3.04. The van der Waals surface area contributed by atoms with Crippen LogP contribution in [0.15, 0.2) is 42.7 Å². The average molecular weight is 338 g/mol. The highest BCUT2D eigenvalue weighted by Crippen LogP contribution is 2.22. The van der Waals surface area contributed by atoms with Crippen LogP contribution in [0.1, 0.15) is 45.0 Å². The molecular weight excluding hydrogens is 312 g/mol. The van der Waals surface area contributed by atoms with E-state index in [1.54, 1.807) is 12.4 Å². The van der Waals surface area contributed by atoms with Gasteiger partial charge in [0.1, 0.15) is 5.82 Å². The molecule has 1 N–H and O–H groups in total. The Morgan fingerprint density at radius 2 is 1.88 bits per heavy atom. The van der Waals surface area contributed by atoms with Crippen LogP contribution >= 0.6 is 0 Å². The van der Waals surface area contributed by atoms with Crippen molar-refractivity contribution >= 4 is 11.6 Å². The topological polar surface area (TPSA) is 58.1 Å². The molecule has 1 aliphatic heterocycles. The van der Waals surface area contributed by atoms with E-state index in [2.05, 4.69) is 53.1 Å². The molecule has 1 aromatic heterocycles. The summed E-state index contributed by atoms with van der Waals surface area (Å²) in [5.41, 5.74) is 1.80. The van der Waals surface area contributed by atoms with Crippen LogP contribution in [0.3, 0.4) is 0 Å². The third-order valence-corrected chi connectivity index (χ3v) is 4.48. The lowest BCUT2D eigenvalue weighted by molar-refractivity contribution is -0.120. The molecule has 1 aromatic carbocycles. The number of benzene rings is 1. The zero-order chi connectivity index (χ0) is 17.9. The molecule has 1 unspecified atom stereocenters. The normalized spacial score (nSPS) is 18.3. The second kappa shape index (κ2) is 7.31. The van der Waals surface area contributed by atoms with Crippen molar-refractivity contribution in [3.8, 4) is 0 Å². The number of carbonyl (C=O) groups is 1. The number of hydrogen-bond acceptors (Lipinski definition) is 4. The summed E-state index contributed by atoms with van der Waals surface area (Å²) >= 11 is 0. The minimum atomic E-state index is -0.0968. The molecule has 132 valence electrons. The SMILES string of the molecule is CC(C)(C)c1ncc(NC(=O)C2CCCN2Cc2ccccc2)cn1. The fourth-order valence-corrected chi connectivity index (χ4v) is 3.14. The second-order valence-electron chi connectivity index (χ2n) is 7.65. The van der Waals surface area contributed by atoms with Crippen LogP contribution in [-0.2, 0) is 16.8 Å². The van der Waals surface area contributed by atoms with Crippen LogP contribution in [0.2, 0.25) is 0 Å².